The Kier molecular flexibility index (Phi) is 12.7. The van der Waals surface area contributed by atoms with Crippen LogP contribution in [-0.4, -0.2) is 160 Å². The third-order valence-corrected chi connectivity index (χ3v) is 7.75. The molecule has 1 aliphatic carbocycles. The summed E-state index contributed by atoms with van der Waals surface area (Å²) in [5, 5.41) is 64.1. The van der Waals surface area contributed by atoms with Crippen molar-refractivity contribution in [2.24, 2.45) is 39.4 Å². The lowest BCUT2D eigenvalue weighted by atomic mass is 9.84. The highest BCUT2D eigenvalue weighted by Crippen LogP contribution is 2.33. The molecule has 0 radical (unpaired) electrons. The number of aliphatic imine (C=N–C) groups is 1. The third kappa shape index (κ3) is 8.04. The summed E-state index contributed by atoms with van der Waals surface area (Å²) in [7, 11) is 0. The lowest BCUT2D eigenvalue weighted by Crippen LogP contribution is -2.69. The van der Waals surface area contributed by atoms with Crippen LogP contribution in [-0.2, 0) is 23.7 Å². The Morgan fingerprint density at radius 2 is 1.60 bits per heavy atom. The third-order valence-electron chi connectivity index (χ3n) is 7.75. The number of carbonyl (C=O) groups is 1. The summed E-state index contributed by atoms with van der Waals surface area (Å²) in [5.74, 6) is -1.41. The fraction of sp³-hybridized carbons (Fsp3) is 0.913. The van der Waals surface area contributed by atoms with Crippen LogP contribution in [0.5, 0.6) is 0 Å². The summed E-state index contributed by atoms with van der Waals surface area (Å²) in [6.07, 6.45) is -19.4. The van der Waals surface area contributed by atoms with Gasteiger partial charge in [0.2, 0.25) is 5.91 Å². The molecule has 16 atom stereocenters. The maximum Gasteiger partial charge on any atom is 0.249 e. The SMILES string of the molecule is NCC[C@H](O)C(=O)N[C@@H]1CC(N)[C@@H](O[C@H]2OC(CN)[C@@H](O)C(O)C2N)C(F)C1OC1O[C@H](CO)C(O)C(N=C(N)N)[C@H]1O. The number of aliphatic hydroxyl groups excluding tert-OH is 6. The topological polar surface area (TPSA) is 356 Å². The lowest BCUT2D eigenvalue weighted by molar-refractivity contribution is -0.314. The molecule has 2 heterocycles. The number of halogens is 1. The maximum absolute atomic E-state index is 16.4. The van der Waals surface area contributed by atoms with Gasteiger partial charge in [-0.3, -0.25) is 4.79 Å². The van der Waals surface area contributed by atoms with Crippen molar-refractivity contribution in [3.05, 3.63) is 0 Å². The second-order valence-electron chi connectivity index (χ2n) is 10.8. The number of guanidine groups is 1. The number of hydrogen-bond donors (Lipinski definition) is 13. The summed E-state index contributed by atoms with van der Waals surface area (Å²) >= 11 is 0. The summed E-state index contributed by atoms with van der Waals surface area (Å²) in [6, 6.07) is -5.18. The van der Waals surface area contributed by atoms with Crippen LogP contribution in [0.1, 0.15) is 12.8 Å². The first-order valence-corrected chi connectivity index (χ1v) is 13.8. The summed E-state index contributed by atoms with van der Waals surface area (Å²) in [4.78, 5) is 16.4. The van der Waals surface area contributed by atoms with Crippen molar-refractivity contribution in [1.29, 1.82) is 0 Å². The largest absolute Gasteiger partial charge is 0.394 e. The number of nitrogens with two attached hydrogens (primary N) is 6. The van der Waals surface area contributed by atoms with Gasteiger partial charge in [0.1, 0.15) is 61.0 Å². The van der Waals surface area contributed by atoms with Crippen molar-refractivity contribution in [2.45, 2.75) is 111 Å². The lowest BCUT2D eigenvalue weighted by Gasteiger charge is -2.48. The Morgan fingerprint density at radius 1 is 0.977 bits per heavy atom. The number of hydrogen-bond acceptors (Lipinski definition) is 16. The van der Waals surface area contributed by atoms with Crippen LogP contribution in [0.4, 0.5) is 4.39 Å². The number of aliphatic hydroxyl groups is 6. The molecule has 2 aliphatic heterocycles. The van der Waals surface area contributed by atoms with E-state index >= 15 is 4.39 Å². The minimum atomic E-state index is -2.21. The predicted octanol–water partition coefficient (Wildman–Crippen LogP) is -8.17. The number of ether oxygens (including phenoxy) is 4. The minimum Gasteiger partial charge on any atom is -0.394 e. The minimum absolute atomic E-state index is 0.0223. The molecule has 20 heteroatoms. The molecule has 9 unspecified atom stereocenters. The van der Waals surface area contributed by atoms with Gasteiger partial charge in [-0.2, -0.15) is 0 Å². The van der Waals surface area contributed by atoms with Crippen LogP contribution >= 0.6 is 0 Å². The number of nitrogens with one attached hydrogen (secondary N) is 1. The first kappa shape index (κ1) is 35.6. The molecule has 19 N–H and O–H groups in total. The fourth-order valence-electron chi connectivity index (χ4n) is 5.35. The molecule has 250 valence electrons. The molecule has 0 aromatic heterocycles. The van der Waals surface area contributed by atoms with E-state index in [2.05, 4.69) is 10.3 Å². The molecule has 2 saturated heterocycles. The van der Waals surface area contributed by atoms with Gasteiger partial charge >= 0.3 is 0 Å². The van der Waals surface area contributed by atoms with Crippen molar-refractivity contribution in [2.75, 3.05) is 19.7 Å². The van der Waals surface area contributed by atoms with Gasteiger partial charge in [0, 0.05) is 12.6 Å². The monoisotopic (exact) mass is 628 g/mol. The summed E-state index contributed by atoms with van der Waals surface area (Å²) < 4.78 is 39.0. The van der Waals surface area contributed by atoms with E-state index in [9.17, 15) is 35.4 Å². The van der Waals surface area contributed by atoms with Crippen molar-refractivity contribution < 1.29 is 58.8 Å². The number of amides is 1. The normalized spacial score (nSPS) is 44.4. The second kappa shape index (κ2) is 15.4. The highest BCUT2D eigenvalue weighted by molar-refractivity contribution is 5.80. The predicted molar refractivity (Wildman–Crippen MR) is 144 cm³/mol. The van der Waals surface area contributed by atoms with Crippen LogP contribution in [0.15, 0.2) is 4.99 Å². The quantitative estimate of drug-likeness (QED) is 0.0745. The molecule has 3 aliphatic rings. The van der Waals surface area contributed by atoms with Crippen LogP contribution in [0.3, 0.4) is 0 Å². The molecule has 3 fully saturated rings. The molecule has 1 amide bonds. The summed E-state index contributed by atoms with van der Waals surface area (Å²) in [5.41, 5.74) is 34.1. The molecule has 19 nitrogen and oxygen atoms in total. The van der Waals surface area contributed by atoms with Gasteiger partial charge in [-0.25, -0.2) is 9.38 Å². The molecule has 43 heavy (non-hydrogen) atoms. The van der Waals surface area contributed by atoms with Crippen LogP contribution < -0.4 is 39.7 Å². The Labute approximate surface area is 246 Å². The Hall–Kier alpha value is -1.89. The van der Waals surface area contributed by atoms with Gasteiger partial charge < -0.3 is 89.3 Å². The van der Waals surface area contributed by atoms with Crippen molar-refractivity contribution >= 4 is 11.9 Å². The van der Waals surface area contributed by atoms with E-state index in [4.69, 9.17) is 53.3 Å². The Morgan fingerprint density at radius 3 is 2.19 bits per heavy atom. The van der Waals surface area contributed by atoms with Gasteiger partial charge in [0.25, 0.3) is 0 Å². The molecule has 0 aromatic rings. The smallest absolute Gasteiger partial charge is 0.249 e. The van der Waals surface area contributed by atoms with Crippen molar-refractivity contribution in [3.63, 3.8) is 0 Å². The highest BCUT2D eigenvalue weighted by atomic mass is 19.1. The van der Waals surface area contributed by atoms with Crippen LogP contribution in [0, 0.1) is 0 Å². The second-order valence-corrected chi connectivity index (χ2v) is 10.8. The number of nitrogens with zero attached hydrogens (tertiary/aromatic N) is 1. The number of rotatable bonds is 11. The van der Waals surface area contributed by atoms with Crippen LogP contribution in [0.25, 0.3) is 0 Å². The van der Waals surface area contributed by atoms with E-state index < -0.39 is 116 Å². The Bertz CT molecular complexity index is 940. The van der Waals surface area contributed by atoms with Gasteiger partial charge in [-0.05, 0) is 19.4 Å². The van der Waals surface area contributed by atoms with E-state index in [1.165, 1.54) is 0 Å². The molecule has 0 aromatic carbocycles. The van der Waals surface area contributed by atoms with Gasteiger partial charge in [-0.15, -0.1) is 0 Å². The number of carbonyl (C=O) groups excluding carboxylic acids is 1. The van der Waals surface area contributed by atoms with Crippen LogP contribution in [0.2, 0.25) is 0 Å². The number of alkyl halides is 1. The average molecular weight is 629 g/mol. The van der Waals surface area contributed by atoms with E-state index in [1.54, 1.807) is 0 Å². The van der Waals surface area contributed by atoms with Crippen molar-refractivity contribution in [3.8, 4) is 0 Å². The molecular formula is C23H45FN8O11. The van der Waals surface area contributed by atoms with Gasteiger partial charge in [0.05, 0.1) is 18.7 Å². The zero-order valence-electron chi connectivity index (χ0n) is 23.3. The maximum atomic E-state index is 16.4. The molecular weight excluding hydrogens is 583 g/mol. The van der Waals surface area contributed by atoms with Crippen molar-refractivity contribution in [1.82, 2.24) is 5.32 Å². The first-order chi connectivity index (χ1) is 20.2. The zero-order valence-corrected chi connectivity index (χ0v) is 23.3. The van der Waals surface area contributed by atoms with E-state index in [1.807, 2.05) is 0 Å². The van der Waals surface area contributed by atoms with Gasteiger partial charge in [-0.1, -0.05) is 0 Å². The first-order valence-electron chi connectivity index (χ1n) is 13.8. The molecule has 3 rings (SSSR count). The molecule has 1 saturated carbocycles. The standard InChI is InChI=1S/C23H45FN8O11/c24-11-18(42-21-12(28)16(37)15(36)9(4-26)40-21)6(27)3-7(31-20(39)8(34)1-2-25)19(11)43-22-17(38)13(32-23(29)30)14(35)10(5-33)41-22/h6-19,21-22,33-38H,1-5,25-28H2,(H,31,39)(H4,29,30,32)/t6?,7-,8+,9?,10-,11?,12?,13?,14?,15-,16?,17-,18-,19?,21-,22?/m1/s1. The molecule has 0 bridgehead atoms. The molecule has 0 spiro atoms. The van der Waals surface area contributed by atoms with E-state index in [0.717, 1.165) is 0 Å². The average Bonchev–Trinajstić information content (AvgIpc) is 2.96. The summed E-state index contributed by atoms with van der Waals surface area (Å²) in [6.45, 7) is -1.01. The van der Waals surface area contributed by atoms with Gasteiger partial charge in [0.15, 0.2) is 24.7 Å². The van der Waals surface area contributed by atoms with E-state index in [0.29, 0.717) is 0 Å². The Balaban J connectivity index is 1.90. The fourth-order valence-corrected chi connectivity index (χ4v) is 5.35. The van der Waals surface area contributed by atoms with E-state index in [-0.39, 0.29) is 25.9 Å². The zero-order chi connectivity index (χ0) is 32.2. The highest BCUT2D eigenvalue weighted by Gasteiger charge is 2.53.